The van der Waals surface area contributed by atoms with Crippen LogP contribution in [0.4, 0.5) is 11.8 Å². The van der Waals surface area contributed by atoms with Crippen LogP contribution in [0.1, 0.15) is 0 Å². The Morgan fingerprint density at radius 3 is 2.94 bits per heavy atom. The molecule has 2 aromatic rings. The first-order valence-corrected chi connectivity index (χ1v) is 5.39. The highest BCUT2D eigenvalue weighted by Gasteiger charge is 2.17. The minimum Gasteiger partial charge on any atom is -0.378 e. The Morgan fingerprint density at radius 2 is 2.18 bits per heavy atom. The molecule has 0 atom stereocenters. The van der Waals surface area contributed by atoms with Crippen molar-refractivity contribution >= 4 is 22.8 Å². The van der Waals surface area contributed by atoms with Gasteiger partial charge in [-0.05, 0) is 0 Å². The minimum atomic E-state index is 0.378. The largest absolute Gasteiger partial charge is 0.378 e. The van der Waals surface area contributed by atoms with E-state index < -0.39 is 0 Å². The number of anilines is 2. The highest BCUT2D eigenvalue weighted by molar-refractivity contribution is 5.87. The van der Waals surface area contributed by atoms with Crippen LogP contribution < -0.4 is 16.2 Å². The lowest BCUT2D eigenvalue weighted by Gasteiger charge is -2.28. The zero-order valence-corrected chi connectivity index (χ0v) is 9.18. The molecule has 3 rings (SSSR count). The van der Waals surface area contributed by atoms with E-state index in [0.717, 1.165) is 24.3 Å². The van der Waals surface area contributed by atoms with E-state index in [1.807, 2.05) is 0 Å². The molecule has 0 amide bonds. The molecule has 0 aromatic carbocycles. The summed E-state index contributed by atoms with van der Waals surface area (Å²) in [6.07, 6.45) is 1.72. The maximum atomic E-state index is 5.36. The van der Waals surface area contributed by atoms with E-state index in [0.29, 0.717) is 24.8 Å². The number of aromatic nitrogens is 4. The highest BCUT2D eigenvalue weighted by Crippen LogP contribution is 2.24. The van der Waals surface area contributed by atoms with Crippen LogP contribution in [-0.4, -0.2) is 46.5 Å². The van der Waals surface area contributed by atoms with E-state index >= 15 is 0 Å². The standard InChI is InChI=1S/C9H13N7O/c10-14-9-12-7-6(5-11-15-7)8(13-9)16-1-3-17-4-2-16/h5H,1-4,10H2,(H2,11,12,13,14,15). The summed E-state index contributed by atoms with van der Waals surface area (Å²) in [6, 6.07) is 0. The molecule has 2 aromatic heterocycles. The van der Waals surface area contributed by atoms with Crippen LogP contribution in [0.25, 0.3) is 11.0 Å². The lowest BCUT2D eigenvalue weighted by atomic mass is 10.3. The number of H-pyrrole nitrogens is 1. The lowest BCUT2D eigenvalue weighted by Crippen LogP contribution is -2.37. The summed E-state index contributed by atoms with van der Waals surface area (Å²) in [7, 11) is 0. The van der Waals surface area contributed by atoms with Crippen LogP contribution in [0.2, 0.25) is 0 Å². The summed E-state index contributed by atoms with van der Waals surface area (Å²) in [5, 5.41) is 7.69. The Hall–Kier alpha value is -1.93. The maximum absolute atomic E-state index is 5.36. The number of nitrogens with one attached hydrogen (secondary N) is 2. The third-order valence-electron chi connectivity index (χ3n) is 2.73. The molecular formula is C9H13N7O. The van der Waals surface area contributed by atoms with Crippen LogP contribution in [0.15, 0.2) is 6.20 Å². The van der Waals surface area contributed by atoms with Crippen molar-refractivity contribution in [3.8, 4) is 0 Å². The third-order valence-corrected chi connectivity index (χ3v) is 2.73. The zero-order valence-electron chi connectivity index (χ0n) is 9.18. The summed E-state index contributed by atoms with van der Waals surface area (Å²) >= 11 is 0. The molecule has 0 spiro atoms. The number of rotatable bonds is 2. The Bertz CT molecular complexity index is 519. The fourth-order valence-electron chi connectivity index (χ4n) is 1.90. The molecule has 0 unspecified atom stereocenters. The summed E-state index contributed by atoms with van der Waals surface area (Å²) in [4.78, 5) is 10.7. The van der Waals surface area contributed by atoms with E-state index in [4.69, 9.17) is 10.6 Å². The summed E-state index contributed by atoms with van der Waals surface area (Å²) in [5.74, 6) is 6.57. The van der Waals surface area contributed by atoms with Gasteiger partial charge in [-0.15, -0.1) is 0 Å². The van der Waals surface area contributed by atoms with Gasteiger partial charge in [0.15, 0.2) is 5.65 Å². The van der Waals surface area contributed by atoms with Crippen molar-refractivity contribution in [2.75, 3.05) is 36.6 Å². The van der Waals surface area contributed by atoms with Crippen molar-refractivity contribution in [3.63, 3.8) is 0 Å². The first-order valence-electron chi connectivity index (χ1n) is 5.39. The number of fused-ring (bicyclic) bond motifs is 1. The molecule has 3 heterocycles. The van der Waals surface area contributed by atoms with Gasteiger partial charge in [0.2, 0.25) is 5.95 Å². The highest BCUT2D eigenvalue weighted by atomic mass is 16.5. The molecule has 0 bridgehead atoms. The molecule has 0 saturated carbocycles. The molecule has 1 aliphatic rings. The third kappa shape index (κ3) is 1.77. The number of ether oxygens (including phenoxy) is 1. The number of nitrogens with zero attached hydrogens (tertiary/aromatic N) is 4. The summed E-state index contributed by atoms with van der Waals surface area (Å²) in [5.41, 5.74) is 3.14. The summed E-state index contributed by atoms with van der Waals surface area (Å²) < 4.78 is 5.32. The van der Waals surface area contributed by atoms with Crippen LogP contribution in [0, 0.1) is 0 Å². The number of morpholine rings is 1. The van der Waals surface area contributed by atoms with Crippen molar-refractivity contribution in [1.29, 1.82) is 0 Å². The molecule has 8 nitrogen and oxygen atoms in total. The minimum absolute atomic E-state index is 0.378. The van der Waals surface area contributed by atoms with Crippen molar-refractivity contribution in [2.24, 2.45) is 5.84 Å². The number of nitrogens with two attached hydrogens (primary N) is 1. The average molecular weight is 235 g/mol. The van der Waals surface area contributed by atoms with E-state index in [-0.39, 0.29) is 0 Å². The quantitative estimate of drug-likeness (QED) is 0.475. The van der Waals surface area contributed by atoms with Crippen LogP contribution in [0.5, 0.6) is 0 Å². The number of hydrogen-bond donors (Lipinski definition) is 3. The fraction of sp³-hybridized carbons (Fsp3) is 0.444. The number of hydrogen-bond acceptors (Lipinski definition) is 7. The van der Waals surface area contributed by atoms with Crippen molar-refractivity contribution in [2.45, 2.75) is 0 Å². The molecule has 0 aliphatic carbocycles. The van der Waals surface area contributed by atoms with Gasteiger partial charge < -0.3 is 9.64 Å². The van der Waals surface area contributed by atoms with Crippen molar-refractivity contribution in [1.82, 2.24) is 20.2 Å². The van der Waals surface area contributed by atoms with E-state index in [2.05, 4.69) is 30.5 Å². The Morgan fingerprint density at radius 1 is 1.35 bits per heavy atom. The van der Waals surface area contributed by atoms with Gasteiger partial charge in [0.25, 0.3) is 0 Å². The maximum Gasteiger partial charge on any atom is 0.241 e. The molecule has 0 radical (unpaired) electrons. The molecular weight excluding hydrogens is 222 g/mol. The van der Waals surface area contributed by atoms with Gasteiger partial charge in [0, 0.05) is 13.1 Å². The zero-order chi connectivity index (χ0) is 11.7. The monoisotopic (exact) mass is 235 g/mol. The van der Waals surface area contributed by atoms with Gasteiger partial charge in [-0.25, -0.2) is 5.84 Å². The van der Waals surface area contributed by atoms with Gasteiger partial charge in [-0.3, -0.25) is 10.5 Å². The van der Waals surface area contributed by atoms with Crippen LogP contribution in [-0.2, 0) is 4.74 Å². The lowest BCUT2D eigenvalue weighted by molar-refractivity contribution is 0.122. The Balaban J connectivity index is 2.08. The molecule has 1 aliphatic heterocycles. The predicted octanol–water partition coefficient (Wildman–Crippen LogP) is -0.525. The smallest absolute Gasteiger partial charge is 0.241 e. The molecule has 1 fully saturated rings. The number of nitrogen functional groups attached to an aromatic ring is 1. The molecule has 1 saturated heterocycles. The van der Waals surface area contributed by atoms with E-state index in [9.17, 15) is 0 Å². The normalized spacial score (nSPS) is 16.4. The second-order valence-corrected chi connectivity index (χ2v) is 3.75. The Kier molecular flexibility index (Phi) is 2.50. The number of hydrazine groups is 1. The molecule has 17 heavy (non-hydrogen) atoms. The second-order valence-electron chi connectivity index (χ2n) is 3.75. The first-order chi connectivity index (χ1) is 8.38. The van der Waals surface area contributed by atoms with Gasteiger partial charge in [-0.2, -0.15) is 15.1 Å². The second kappa shape index (κ2) is 4.15. The van der Waals surface area contributed by atoms with Gasteiger partial charge in [0.1, 0.15) is 5.82 Å². The first kappa shape index (κ1) is 10.2. The van der Waals surface area contributed by atoms with E-state index in [1.165, 1.54) is 0 Å². The SMILES string of the molecule is NNc1nc(N2CCOCC2)c2cn[nH]c2n1. The van der Waals surface area contributed by atoms with E-state index in [1.54, 1.807) is 6.20 Å². The summed E-state index contributed by atoms with van der Waals surface area (Å²) in [6.45, 7) is 3.02. The van der Waals surface area contributed by atoms with Gasteiger partial charge in [0.05, 0.1) is 24.8 Å². The van der Waals surface area contributed by atoms with Gasteiger partial charge in [-0.1, -0.05) is 0 Å². The number of aromatic amines is 1. The average Bonchev–Trinajstić information content (AvgIpc) is 2.86. The molecule has 4 N–H and O–H groups in total. The van der Waals surface area contributed by atoms with Crippen LogP contribution in [0.3, 0.4) is 0 Å². The van der Waals surface area contributed by atoms with Crippen molar-refractivity contribution in [3.05, 3.63) is 6.20 Å². The van der Waals surface area contributed by atoms with Crippen molar-refractivity contribution < 1.29 is 4.74 Å². The topological polar surface area (TPSA) is 105 Å². The van der Waals surface area contributed by atoms with Crippen LogP contribution >= 0.6 is 0 Å². The fourth-order valence-corrected chi connectivity index (χ4v) is 1.90. The Labute approximate surface area is 97.1 Å². The molecule has 90 valence electrons. The predicted molar refractivity (Wildman–Crippen MR) is 62.5 cm³/mol. The molecule has 8 heteroatoms. The van der Waals surface area contributed by atoms with Gasteiger partial charge >= 0.3 is 0 Å².